The minimum absolute atomic E-state index is 0.0114. The fourth-order valence-electron chi connectivity index (χ4n) is 4.37. The molecule has 1 amide bonds. The number of carbonyl (C=O) groups is 1. The molecule has 5 rings (SSSR count). The van der Waals surface area contributed by atoms with Gasteiger partial charge in [-0.3, -0.25) is 4.79 Å². The van der Waals surface area contributed by atoms with Gasteiger partial charge in [0.25, 0.3) is 5.91 Å². The second kappa shape index (κ2) is 9.97. The van der Waals surface area contributed by atoms with Gasteiger partial charge in [0.2, 0.25) is 5.88 Å². The number of nitrogens with zero attached hydrogens (tertiary/aromatic N) is 5. The quantitative estimate of drug-likeness (QED) is 0.386. The van der Waals surface area contributed by atoms with Crippen molar-refractivity contribution in [1.82, 2.24) is 24.4 Å². The predicted octanol–water partition coefficient (Wildman–Crippen LogP) is 4.81. The Labute approximate surface area is 204 Å². The van der Waals surface area contributed by atoms with Gasteiger partial charge in [-0.15, -0.1) is 0 Å². The van der Waals surface area contributed by atoms with Crippen molar-refractivity contribution in [3.8, 4) is 17.4 Å². The van der Waals surface area contributed by atoms with Crippen LogP contribution in [0.2, 0.25) is 0 Å². The maximum Gasteiger partial charge on any atom is 0.254 e. The molecule has 2 aromatic heterocycles. The first-order chi connectivity index (χ1) is 17.1. The zero-order valence-electron chi connectivity index (χ0n) is 19.8. The zero-order chi connectivity index (χ0) is 24.2. The van der Waals surface area contributed by atoms with E-state index in [9.17, 15) is 4.79 Å². The summed E-state index contributed by atoms with van der Waals surface area (Å²) in [6.45, 7) is 3.24. The summed E-state index contributed by atoms with van der Waals surface area (Å²) in [6, 6.07) is 16.7. The molecule has 1 aliphatic heterocycles. The molecule has 1 fully saturated rings. The highest BCUT2D eigenvalue weighted by Crippen LogP contribution is 2.33. The molecule has 0 N–H and O–H groups in total. The molecule has 0 radical (unpaired) electrons. The van der Waals surface area contributed by atoms with Crippen LogP contribution in [0, 0.1) is 6.92 Å². The molecule has 1 aliphatic rings. The van der Waals surface area contributed by atoms with Gasteiger partial charge in [-0.05, 0) is 61.7 Å². The van der Waals surface area contributed by atoms with Gasteiger partial charge in [0.05, 0.1) is 19.5 Å². The summed E-state index contributed by atoms with van der Waals surface area (Å²) in [7, 11) is 1.63. The smallest absolute Gasteiger partial charge is 0.254 e. The van der Waals surface area contributed by atoms with Gasteiger partial charge in [0.15, 0.2) is 5.82 Å². The van der Waals surface area contributed by atoms with Gasteiger partial charge >= 0.3 is 0 Å². The number of hydrogen-bond acceptors (Lipinski definition) is 6. The van der Waals surface area contributed by atoms with Crippen LogP contribution >= 0.6 is 0 Å². The number of aryl methyl sites for hydroxylation is 1. The summed E-state index contributed by atoms with van der Waals surface area (Å²) < 4.78 is 13.2. The van der Waals surface area contributed by atoms with Crippen LogP contribution in [0.4, 0.5) is 0 Å². The largest absolute Gasteiger partial charge is 0.497 e. The molecule has 0 aliphatic carbocycles. The second-order valence-corrected chi connectivity index (χ2v) is 8.58. The van der Waals surface area contributed by atoms with Gasteiger partial charge in [-0.2, -0.15) is 4.98 Å². The lowest BCUT2D eigenvalue weighted by molar-refractivity contribution is 0.0729. The minimum Gasteiger partial charge on any atom is -0.497 e. The number of benzene rings is 2. The van der Waals surface area contributed by atoms with E-state index in [0.717, 1.165) is 29.8 Å². The predicted molar refractivity (Wildman–Crippen MR) is 131 cm³/mol. The van der Waals surface area contributed by atoms with Gasteiger partial charge in [-0.25, -0.2) is 9.97 Å². The van der Waals surface area contributed by atoms with Crippen molar-refractivity contribution in [2.75, 3.05) is 13.7 Å². The van der Waals surface area contributed by atoms with Crippen LogP contribution in [0.5, 0.6) is 17.4 Å². The molecule has 0 bridgehead atoms. The maximum absolute atomic E-state index is 13.5. The number of ether oxygens (including phenoxy) is 2. The Morgan fingerprint density at radius 2 is 1.91 bits per heavy atom. The molecule has 4 aromatic rings. The molecular formula is C27H27N5O3. The van der Waals surface area contributed by atoms with Crippen molar-refractivity contribution >= 4 is 5.91 Å². The third-order valence-corrected chi connectivity index (χ3v) is 6.04. The highest BCUT2D eigenvalue weighted by Gasteiger charge is 2.33. The summed E-state index contributed by atoms with van der Waals surface area (Å²) >= 11 is 0. The van der Waals surface area contributed by atoms with Crippen molar-refractivity contribution in [1.29, 1.82) is 0 Å². The average molecular weight is 470 g/mol. The van der Waals surface area contributed by atoms with Gasteiger partial charge in [0.1, 0.15) is 11.5 Å². The third-order valence-electron chi connectivity index (χ3n) is 6.04. The summed E-state index contributed by atoms with van der Waals surface area (Å²) in [5, 5.41) is 0. The summed E-state index contributed by atoms with van der Waals surface area (Å²) in [5.41, 5.74) is 2.50. The topological polar surface area (TPSA) is 82.4 Å². The fraction of sp³-hybridized carbons (Fsp3) is 0.259. The second-order valence-electron chi connectivity index (χ2n) is 8.58. The number of carbonyl (C=O) groups excluding carboxylic acids is 1. The van der Waals surface area contributed by atoms with E-state index in [4.69, 9.17) is 9.47 Å². The Morgan fingerprint density at radius 1 is 1.09 bits per heavy atom. The third kappa shape index (κ3) is 5.16. The van der Waals surface area contributed by atoms with Gasteiger partial charge in [-0.1, -0.05) is 12.1 Å². The average Bonchev–Trinajstić information content (AvgIpc) is 3.56. The SMILES string of the molecule is COc1ccc(Oc2cc(C)nc(C3CCCN3C(=O)c3cccc(Cn4ccnc4)c3)n2)cc1. The summed E-state index contributed by atoms with van der Waals surface area (Å²) in [6.07, 6.45) is 7.14. The molecule has 1 saturated heterocycles. The lowest BCUT2D eigenvalue weighted by Gasteiger charge is -2.24. The highest BCUT2D eigenvalue weighted by atomic mass is 16.5. The van der Waals surface area contributed by atoms with Crippen LogP contribution in [-0.2, 0) is 6.54 Å². The fourth-order valence-corrected chi connectivity index (χ4v) is 4.37. The first-order valence-corrected chi connectivity index (χ1v) is 11.6. The molecule has 35 heavy (non-hydrogen) atoms. The number of rotatable bonds is 7. The van der Waals surface area contributed by atoms with Crippen LogP contribution in [0.25, 0.3) is 0 Å². The van der Waals surface area contributed by atoms with Crippen molar-refractivity contribution in [2.45, 2.75) is 32.4 Å². The van der Waals surface area contributed by atoms with Crippen LogP contribution in [0.3, 0.4) is 0 Å². The molecule has 2 aromatic carbocycles. The number of amides is 1. The molecule has 1 atom stereocenters. The highest BCUT2D eigenvalue weighted by molar-refractivity contribution is 5.94. The lowest BCUT2D eigenvalue weighted by atomic mass is 10.1. The van der Waals surface area contributed by atoms with Crippen molar-refractivity contribution < 1.29 is 14.3 Å². The Morgan fingerprint density at radius 3 is 2.69 bits per heavy atom. The van der Waals surface area contributed by atoms with E-state index in [1.807, 2.05) is 71.1 Å². The first-order valence-electron chi connectivity index (χ1n) is 11.6. The minimum atomic E-state index is -0.196. The Bertz CT molecular complexity index is 1300. The van der Waals surface area contributed by atoms with E-state index in [1.165, 1.54) is 0 Å². The summed E-state index contributed by atoms with van der Waals surface area (Å²) in [5.74, 6) is 2.46. The molecule has 0 saturated carbocycles. The van der Waals surface area contributed by atoms with E-state index >= 15 is 0 Å². The summed E-state index contributed by atoms with van der Waals surface area (Å²) in [4.78, 5) is 28.8. The Kier molecular flexibility index (Phi) is 6.43. The van der Waals surface area contributed by atoms with Gasteiger partial charge in [0, 0.05) is 42.8 Å². The van der Waals surface area contributed by atoms with Crippen molar-refractivity contribution in [3.05, 3.63) is 96.0 Å². The maximum atomic E-state index is 13.5. The normalized spacial score (nSPS) is 15.3. The molecule has 0 spiro atoms. The number of imidazole rings is 1. The van der Waals surface area contributed by atoms with Crippen LogP contribution in [0.1, 0.15) is 46.3 Å². The van der Waals surface area contributed by atoms with E-state index < -0.39 is 0 Å². The van der Waals surface area contributed by atoms with E-state index in [1.54, 1.807) is 25.7 Å². The Balaban J connectivity index is 1.36. The number of aromatic nitrogens is 4. The number of likely N-dealkylation sites (tertiary alicyclic amines) is 1. The zero-order valence-corrected chi connectivity index (χ0v) is 19.8. The molecular weight excluding hydrogens is 442 g/mol. The number of hydrogen-bond donors (Lipinski definition) is 0. The van der Waals surface area contributed by atoms with Gasteiger partial charge < -0.3 is 18.9 Å². The van der Waals surface area contributed by atoms with Crippen molar-refractivity contribution in [3.63, 3.8) is 0 Å². The van der Waals surface area contributed by atoms with Crippen LogP contribution < -0.4 is 9.47 Å². The van der Waals surface area contributed by atoms with Crippen LogP contribution in [0.15, 0.2) is 73.3 Å². The lowest BCUT2D eigenvalue weighted by Crippen LogP contribution is -2.31. The number of methoxy groups -OCH3 is 1. The first kappa shape index (κ1) is 22.6. The van der Waals surface area contributed by atoms with E-state index in [0.29, 0.717) is 36.1 Å². The van der Waals surface area contributed by atoms with Crippen molar-refractivity contribution in [2.24, 2.45) is 0 Å². The van der Waals surface area contributed by atoms with E-state index in [-0.39, 0.29) is 11.9 Å². The molecule has 8 heteroatoms. The van der Waals surface area contributed by atoms with Crippen LogP contribution in [-0.4, -0.2) is 44.0 Å². The van der Waals surface area contributed by atoms with E-state index in [2.05, 4.69) is 15.0 Å². The molecule has 1 unspecified atom stereocenters. The monoisotopic (exact) mass is 469 g/mol. The molecule has 3 heterocycles. The standard InChI is InChI=1S/C27H27N5O3/c1-19-15-25(35-23-10-8-22(34-2)9-11-23)30-26(29-19)24-7-4-13-32(24)27(33)21-6-3-5-20(16-21)17-31-14-12-28-18-31/h3,5-6,8-12,14-16,18,24H,4,7,13,17H2,1-2H3. The Hall–Kier alpha value is -4.20. The molecule has 178 valence electrons. The molecule has 8 nitrogen and oxygen atoms in total.